The van der Waals surface area contributed by atoms with Crippen LogP contribution in [0.1, 0.15) is 43.7 Å². The van der Waals surface area contributed by atoms with Crippen LogP contribution in [0.25, 0.3) is 0 Å². The van der Waals surface area contributed by atoms with Gasteiger partial charge in [-0.05, 0) is 61.8 Å². The summed E-state index contributed by atoms with van der Waals surface area (Å²) in [5, 5.41) is 0. The van der Waals surface area contributed by atoms with Crippen LogP contribution in [0.2, 0.25) is 0 Å². The highest BCUT2D eigenvalue weighted by Crippen LogP contribution is 2.29. The van der Waals surface area contributed by atoms with Crippen LogP contribution in [-0.4, -0.2) is 31.7 Å². The number of carbonyl (C=O) groups is 1. The van der Waals surface area contributed by atoms with Crippen molar-refractivity contribution in [2.45, 2.75) is 45.4 Å². The number of guanidine groups is 1. The summed E-state index contributed by atoms with van der Waals surface area (Å²) in [5.74, 6) is 1.22. The topological polar surface area (TPSA) is 99.9 Å². The number of benzene rings is 1. The van der Waals surface area contributed by atoms with Gasteiger partial charge in [0.05, 0.1) is 13.2 Å². The second-order valence-electron chi connectivity index (χ2n) is 6.41. The Bertz CT molecular complexity index is 598. The molecule has 1 aromatic rings. The van der Waals surface area contributed by atoms with Gasteiger partial charge in [0.25, 0.3) is 0 Å². The van der Waals surface area contributed by atoms with Crippen molar-refractivity contribution in [2.75, 3.05) is 19.8 Å². The number of aliphatic imine (C=N–C) groups is 1. The summed E-state index contributed by atoms with van der Waals surface area (Å²) in [7, 11) is 0. The van der Waals surface area contributed by atoms with Crippen molar-refractivity contribution < 1.29 is 14.3 Å². The van der Waals surface area contributed by atoms with Crippen LogP contribution in [0.15, 0.2) is 23.2 Å². The van der Waals surface area contributed by atoms with E-state index in [0.29, 0.717) is 32.1 Å². The standard InChI is InChI=1S/C19H29N3O3/c1-2-24-18(23)12-14-5-3-6-15-7-8-17(13-16(15)11-14)25-10-4-9-22-19(20)21/h7-8,13-14H,2-6,9-12H2,1H3,(H4,20,21,22). The first kappa shape index (κ1) is 19.1. The van der Waals surface area contributed by atoms with Gasteiger partial charge in [-0.2, -0.15) is 0 Å². The fraction of sp³-hybridized carbons (Fsp3) is 0.579. The van der Waals surface area contributed by atoms with Crippen LogP contribution in [0.4, 0.5) is 0 Å². The molecule has 0 saturated heterocycles. The summed E-state index contributed by atoms with van der Waals surface area (Å²) >= 11 is 0. The molecule has 138 valence electrons. The Kier molecular flexibility index (Phi) is 7.57. The third-order valence-electron chi connectivity index (χ3n) is 4.37. The average molecular weight is 347 g/mol. The molecule has 0 bridgehead atoms. The van der Waals surface area contributed by atoms with E-state index in [1.807, 2.05) is 13.0 Å². The third-order valence-corrected chi connectivity index (χ3v) is 4.37. The average Bonchev–Trinajstić information content (AvgIpc) is 2.75. The van der Waals surface area contributed by atoms with Gasteiger partial charge >= 0.3 is 5.97 Å². The van der Waals surface area contributed by atoms with Crippen molar-refractivity contribution in [3.05, 3.63) is 29.3 Å². The molecule has 1 aliphatic rings. The van der Waals surface area contributed by atoms with Crippen molar-refractivity contribution >= 4 is 11.9 Å². The molecule has 6 nitrogen and oxygen atoms in total. The second kappa shape index (κ2) is 9.91. The van der Waals surface area contributed by atoms with Gasteiger partial charge in [-0.1, -0.05) is 6.07 Å². The van der Waals surface area contributed by atoms with Crippen LogP contribution < -0.4 is 16.2 Å². The Morgan fingerprint density at radius 2 is 2.16 bits per heavy atom. The zero-order valence-corrected chi connectivity index (χ0v) is 15.0. The van der Waals surface area contributed by atoms with E-state index in [1.54, 1.807) is 0 Å². The molecule has 6 heteroatoms. The van der Waals surface area contributed by atoms with Gasteiger partial charge in [-0.15, -0.1) is 0 Å². The Labute approximate surface area is 149 Å². The van der Waals surface area contributed by atoms with E-state index in [2.05, 4.69) is 17.1 Å². The Hall–Kier alpha value is -2.24. The predicted octanol–water partition coefficient (Wildman–Crippen LogP) is 2.18. The maximum Gasteiger partial charge on any atom is 0.306 e. The third kappa shape index (κ3) is 6.64. The number of nitrogens with zero attached hydrogens (tertiary/aromatic N) is 1. The van der Waals surface area contributed by atoms with Crippen LogP contribution >= 0.6 is 0 Å². The Morgan fingerprint density at radius 1 is 1.32 bits per heavy atom. The highest BCUT2D eigenvalue weighted by atomic mass is 16.5. The Balaban J connectivity index is 1.91. The van der Waals surface area contributed by atoms with Crippen LogP contribution in [0.5, 0.6) is 5.75 Å². The summed E-state index contributed by atoms with van der Waals surface area (Å²) in [6, 6.07) is 6.28. The van der Waals surface area contributed by atoms with Crippen LogP contribution in [0.3, 0.4) is 0 Å². The van der Waals surface area contributed by atoms with E-state index in [1.165, 1.54) is 11.1 Å². The lowest BCUT2D eigenvalue weighted by Gasteiger charge is -2.15. The first-order valence-electron chi connectivity index (χ1n) is 9.04. The predicted molar refractivity (Wildman–Crippen MR) is 98.6 cm³/mol. The van der Waals surface area contributed by atoms with E-state index in [-0.39, 0.29) is 11.9 Å². The Morgan fingerprint density at radius 3 is 2.92 bits per heavy atom. The molecule has 0 amide bonds. The van der Waals surface area contributed by atoms with Crippen molar-refractivity contribution in [1.82, 2.24) is 0 Å². The smallest absolute Gasteiger partial charge is 0.306 e. The SMILES string of the molecule is CCOC(=O)CC1CCCc2ccc(OCCCN=C(N)N)cc2C1. The summed E-state index contributed by atoms with van der Waals surface area (Å²) in [5.41, 5.74) is 13.2. The van der Waals surface area contributed by atoms with Crippen molar-refractivity contribution in [1.29, 1.82) is 0 Å². The van der Waals surface area contributed by atoms with Gasteiger partial charge in [0.2, 0.25) is 0 Å². The van der Waals surface area contributed by atoms with E-state index in [4.69, 9.17) is 20.9 Å². The van der Waals surface area contributed by atoms with Gasteiger partial charge < -0.3 is 20.9 Å². The van der Waals surface area contributed by atoms with Crippen LogP contribution in [-0.2, 0) is 22.4 Å². The number of hydrogen-bond donors (Lipinski definition) is 2. The molecule has 0 fully saturated rings. The molecule has 0 heterocycles. The van der Waals surface area contributed by atoms with Gasteiger partial charge in [0.15, 0.2) is 5.96 Å². The van der Waals surface area contributed by atoms with E-state index >= 15 is 0 Å². The molecule has 2 rings (SSSR count). The number of hydrogen-bond acceptors (Lipinski definition) is 4. The zero-order valence-electron chi connectivity index (χ0n) is 15.0. The quantitative estimate of drug-likeness (QED) is 0.247. The highest BCUT2D eigenvalue weighted by molar-refractivity contribution is 5.75. The zero-order chi connectivity index (χ0) is 18.1. The minimum Gasteiger partial charge on any atom is -0.494 e. The summed E-state index contributed by atoms with van der Waals surface area (Å²) < 4.78 is 10.9. The van der Waals surface area contributed by atoms with Crippen molar-refractivity contribution in [2.24, 2.45) is 22.4 Å². The number of rotatable bonds is 8. The lowest BCUT2D eigenvalue weighted by atomic mass is 9.94. The molecular weight excluding hydrogens is 318 g/mol. The molecule has 1 aromatic carbocycles. The molecule has 25 heavy (non-hydrogen) atoms. The molecule has 0 saturated carbocycles. The minimum atomic E-state index is -0.0944. The van der Waals surface area contributed by atoms with Crippen molar-refractivity contribution in [3.63, 3.8) is 0 Å². The normalized spacial score (nSPS) is 16.4. The molecule has 0 aliphatic heterocycles. The van der Waals surface area contributed by atoms with Gasteiger partial charge in [0, 0.05) is 19.4 Å². The number of aryl methyl sites for hydroxylation is 1. The molecule has 0 radical (unpaired) electrons. The largest absolute Gasteiger partial charge is 0.494 e. The number of nitrogens with two attached hydrogens (primary N) is 2. The lowest BCUT2D eigenvalue weighted by molar-refractivity contribution is -0.144. The molecule has 0 aromatic heterocycles. The first-order valence-corrected chi connectivity index (χ1v) is 9.04. The monoisotopic (exact) mass is 347 g/mol. The van der Waals surface area contributed by atoms with Gasteiger partial charge in [-0.25, -0.2) is 0 Å². The van der Waals surface area contributed by atoms with Crippen LogP contribution in [0, 0.1) is 5.92 Å². The fourth-order valence-corrected chi connectivity index (χ4v) is 3.21. The molecule has 4 N–H and O–H groups in total. The van der Waals surface area contributed by atoms with Gasteiger partial charge in [-0.3, -0.25) is 9.79 Å². The van der Waals surface area contributed by atoms with Crippen molar-refractivity contribution in [3.8, 4) is 5.75 Å². The minimum absolute atomic E-state index is 0.0944. The summed E-state index contributed by atoms with van der Waals surface area (Å²) in [6.07, 6.45) is 5.38. The highest BCUT2D eigenvalue weighted by Gasteiger charge is 2.20. The van der Waals surface area contributed by atoms with Gasteiger partial charge in [0.1, 0.15) is 5.75 Å². The molecule has 1 unspecified atom stereocenters. The second-order valence-corrected chi connectivity index (χ2v) is 6.41. The van der Waals surface area contributed by atoms with E-state index in [9.17, 15) is 4.79 Å². The summed E-state index contributed by atoms with van der Waals surface area (Å²) in [4.78, 5) is 15.7. The summed E-state index contributed by atoms with van der Waals surface area (Å²) in [6.45, 7) is 3.42. The maximum atomic E-state index is 11.8. The fourth-order valence-electron chi connectivity index (χ4n) is 3.21. The molecule has 1 atom stereocenters. The number of fused-ring (bicyclic) bond motifs is 1. The van der Waals surface area contributed by atoms with E-state index < -0.39 is 0 Å². The number of carbonyl (C=O) groups excluding carboxylic acids is 1. The van der Waals surface area contributed by atoms with E-state index in [0.717, 1.165) is 37.9 Å². The molecule has 0 spiro atoms. The lowest BCUT2D eigenvalue weighted by Crippen LogP contribution is -2.23. The number of esters is 1. The number of ether oxygens (including phenoxy) is 2. The maximum absolute atomic E-state index is 11.8. The first-order chi connectivity index (χ1) is 12.1. The molecule has 1 aliphatic carbocycles. The molecular formula is C19H29N3O3.